The van der Waals surface area contributed by atoms with E-state index in [1.165, 1.54) is 13.3 Å². The maximum Gasteiger partial charge on any atom is 0.329 e. The Hall–Kier alpha value is -3.35. The molecule has 0 aliphatic rings. The van der Waals surface area contributed by atoms with E-state index in [0.717, 1.165) is 5.56 Å². The summed E-state index contributed by atoms with van der Waals surface area (Å²) in [5.41, 5.74) is 3.37. The van der Waals surface area contributed by atoms with Gasteiger partial charge < -0.3 is 14.8 Å². The lowest BCUT2D eigenvalue weighted by molar-refractivity contribution is -0.136. The van der Waals surface area contributed by atoms with Crippen LogP contribution in [-0.4, -0.2) is 32.2 Å². The molecule has 2 aromatic carbocycles. The highest BCUT2D eigenvalue weighted by atomic mass is 16.5. The Morgan fingerprint density at radius 2 is 1.67 bits per heavy atom. The van der Waals surface area contributed by atoms with Crippen LogP contribution in [-0.2, 0) is 9.59 Å². The second-order valence-electron chi connectivity index (χ2n) is 4.66. The molecule has 2 aromatic rings. The SMILES string of the molecule is COc1ccc(C=NNC(=O)C(=O)Nc2cccc(OC)c2)cc1. The number of nitrogens with zero attached hydrogens (tertiary/aromatic N) is 1. The molecular formula is C17H17N3O4. The second kappa shape index (κ2) is 8.33. The first-order valence-electron chi connectivity index (χ1n) is 7.05. The number of hydrogen-bond acceptors (Lipinski definition) is 5. The van der Waals surface area contributed by atoms with Crippen LogP contribution in [0.2, 0.25) is 0 Å². The number of methoxy groups -OCH3 is 2. The number of carbonyl (C=O) groups excluding carboxylic acids is 2. The Morgan fingerprint density at radius 3 is 2.33 bits per heavy atom. The van der Waals surface area contributed by atoms with Crippen LogP contribution in [0, 0.1) is 0 Å². The van der Waals surface area contributed by atoms with Crippen LogP contribution in [0.15, 0.2) is 53.6 Å². The van der Waals surface area contributed by atoms with Gasteiger partial charge >= 0.3 is 11.8 Å². The van der Waals surface area contributed by atoms with Crippen molar-refractivity contribution in [1.82, 2.24) is 5.43 Å². The molecule has 7 nitrogen and oxygen atoms in total. The van der Waals surface area contributed by atoms with Crippen molar-refractivity contribution in [2.24, 2.45) is 5.10 Å². The lowest BCUT2D eigenvalue weighted by atomic mass is 10.2. The van der Waals surface area contributed by atoms with Crippen LogP contribution in [0.25, 0.3) is 0 Å². The molecule has 0 heterocycles. The van der Waals surface area contributed by atoms with Crippen LogP contribution in [0.4, 0.5) is 5.69 Å². The third-order valence-electron chi connectivity index (χ3n) is 3.03. The van der Waals surface area contributed by atoms with Gasteiger partial charge in [-0.15, -0.1) is 0 Å². The van der Waals surface area contributed by atoms with E-state index in [-0.39, 0.29) is 0 Å². The molecule has 0 bridgehead atoms. The molecule has 0 unspecified atom stereocenters. The minimum Gasteiger partial charge on any atom is -0.497 e. The molecule has 0 radical (unpaired) electrons. The molecule has 24 heavy (non-hydrogen) atoms. The highest BCUT2D eigenvalue weighted by molar-refractivity contribution is 6.39. The Kier molecular flexibility index (Phi) is 5.90. The highest BCUT2D eigenvalue weighted by Crippen LogP contribution is 2.16. The highest BCUT2D eigenvalue weighted by Gasteiger charge is 2.12. The molecule has 2 N–H and O–H groups in total. The number of rotatable bonds is 5. The predicted molar refractivity (Wildman–Crippen MR) is 90.4 cm³/mol. The van der Waals surface area contributed by atoms with Crippen LogP contribution in [0.1, 0.15) is 5.56 Å². The smallest absolute Gasteiger partial charge is 0.329 e. The van der Waals surface area contributed by atoms with E-state index in [1.54, 1.807) is 55.6 Å². The summed E-state index contributed by atoms with van der Waals surface area (Å²) in [4.78, 5) is 23.5. The Balaban J connectivity index is 1.88. The summed E-state index contributed by atoms with van der Waals surface area (Å²) in [6.45, 7) is 0. The molecule has 7 heteroatoms. The number of hydrazone groups is 1. The lowest BCUT2D eigenvalue weighted by Crippen LogP contribution is -2.32. The van der Waals surface area contributed by atoms with E-state index in [9.17, 15) is 9.59 Å². The molecule has 0 atom stereocenters. The molecule has 0 aliphatic carbocycles. The maximum atomic E-state index is 11.8. The molecule has 0 saturated heterocycles. The summed E-state index contributed by atoms with van der Waals surface area (Å²) in [5.74, 6) is -0.405. The van der Waals surface area contributed by atoms with E-state index in [2.05, 4.69) is 15.8 Å². The van der Waals surface area contributed by atoms with Gasteiger partial charge in [-0.2, -0.15) is 5.10 Å². The molecule has 0 spiro atoms. The zero-order valence-corrected chi connectivity index (χ0v) is 13.3. The minimum atomic E-state index is -0.873. The number of ether oxygens (including phenoxy) is 2. The summed E-state index contributed by atoms with van der Waals surface area (Å²) < 4.78 is 10.1. The van der Waals surface area contributed by atoms with Crippen molar-refractivity contribution in [3.63, 3.8) is 0 Å². The largest absolute Gasteiger partial charge is 0.497 e. The molecule has 124 valence electrons. The maximum absolute atomic E-state index is 11.8. The van der Waals surface area contributed by atoms with Crippen molar-refractivity contribution in [2.45, 2.75) is 0 Å². The summed E-state index contributed by atoms with van der Waals surface area (Å²) in [5, 5.41) is 6.20. The third-order valence-corrected chi connectivity index (χ3v) is 3.03. The van der Waals surface area contributed by atoms with Gasteiger partial charge in [-0.1, -0.05) is 6.07 Å². The summed E-state index contributed by atoms with van der Waals surface area (Å²) >= 11 is 0. The third kappa shape index (κ3) is 4.84. The van der Waals surface area contributed by atoms with Gasteiger partial charge in [0.2, 0.25) is 0 Å². The first kappa shape index (κ1) is 17.0. The van der Waals surface area contributed by atoms with Gasteiger partial charge in [0.05, 0.1) is 20.4 Å². The van der Waals surface area contributed by atoms with Crippen molar-refractivity contribution < 1.29 is 19.1 Å². The molecular weight excluding hydrogens is 310 g/mol. The normalized spacial score (nSPS) is 10.2. The summed E-state index contributed by atoms with van der Waals surface area (Å²) in [6.07, 6.45) is 1.43. The van der Waals surface area contributed by atoms with Gasteiger partial charge in [-0.3, -0.25) is 9.59 Å². The van der Waals surface area contributed by atoms with Gasteiger partial charge in [-0.25, -0.2) is 5.43 Å². The fourth-order valence-electron chi connectivity index (χ4n) is 1.79. The molecule has 0 aromatic heterocycles. The average molecular weight is 327 g/mol. The number of nitrogens with one attached hydrogen (secondary N) is 2. The van der Waals surface area contributed by atoms with Crippen LogP contribution < -0.4 is 20.2 Å². The van der Waals surface area contributed by atoms with E-state index >= 15 is 0 Å². The zero-order chi connectivity index (χ0) is 17.4. The predicted octanol–water partition coefficient (Wildman–Crippen LogP) is 1.79. The van der Waals surface area contributed by atoms with Crippen molar-refractivity contribution >= 4 is 23.7 Å². The fraction of sp³-hybridized carbons (Fsp3) is 0.118. The van der Waals surface area contributed by atoms with Gasteiger partial charge in [-0.05, 0) is 42.0 Å². The molecule has 2 amide bonds. The van der Waals surface area contributed by atoms with Crippen molar-refractivity contribution in [3.8, 4) is 11.5 Å². The first-order valence-corrected chi connectivity index (χ1v) is 7.05. The Morgan fingerprint density at radius 1 is 0.958 bits per heavy atom. The molecule has 2 rings (SSSR count). The monoisotopic (exact) mass is 327 g/mol. The number of anilines is 1. The standard InChI is InChI=1S/C17H17N3O4/c1-23-14-8-6-12(7-9-14)11-18-20-17(22)16(21)19-13-4-3-5-15(10-13)24-2/h3-11H,1-2H3,(H,19,21)(H,20,22). The molecule has 0 saturated carbocycles. The van der Waals surface area contributed by atoms with Crippen LogP contribution in [0.3, 0.4) is 0 Å². The Bertz CT molecular complexity index is 742. The number of amides is 2. The van der Waals surface area contributed by atoms with Crippen LogP contribution >= 0.6 is 0 Å². The molecule has 0 aliphatic heterocycles. The van der Waals surface area contributed by atoms with Gasteiger partial charge in [0.15, 0.2) is 0 Å². The van der Waals surface area contributed by atoms with E-state index in [4.69, 9.17) is 9.47 Å². The summed E-state index contributed by atoms with van der Waals surface area (Å²) in [6, 6.07) is 13.7. The first-order chi connectivity index (χ1) is 11.6. The fourth-order valence-corrected chi connectivity index (χ4v) is 1.79. The van der Waals surface area contributed by atoms with Gasteiger partial charge in [0, 0.05) is 11.8 Å². The topological polar surface area (TPSA) is 89.0 Å². The van der Waals surface area contributed by atoms with Gasteiger partial charge in [0.1, 0.15) is 11.5 Å². The van der Waals surface area contributed by atoms with Crippen molar-refractivity contribution in [2.75, 3.05) is 19.5 Å². The summed E-state index contributed by atoms with van der Waals surface area (Å²) in [7, 11) is 3.09. The second-order valence-corrected chi connectivity index (χ2v) is 4.66. The van der Waals surface area contributed by atoms with E-state index < -0.39 is 11.8 Å². The minimum absolute atomic E-state index is 0.452. The quantitative estimate of drug-likeness (QED) is 0.498. The van der Waals surface area contributed by atoms with E-state index in [0.29, 0.717) is 17.2 Å². The zero-order valence-electron chi connectivity index (χ0n) is 13.3. The van der Waals surface area contributed by atoms with Crippen molar-refractivity contribution in [1.29, 1.82) is 0 Å². The number of carbonyl (C=O) groups is 2. The molecule has 0 fully saturated rings. The van der Waals surface area contributed by atoms with Crippen LogP contribution in [0.5, 0.6) is 11.5 Å². The van der Waals surface area contributed by atoms with E-state index in [1.807, 2.05) is 0 Å². The van der Waals surface area contributed by atoms with Gasteiger partial charge in [0.25, 0.3) is 0 Å². The lowest BCUT2D eigenvalue weighted by Gasteiger charge is -2.05. The number of hydrogen-bond donors (Lipinski definition) is 2. The Labute approximate surface area is 139 Å². The van der Waals surface area contributed by atoms with Crippen molar-refractivity contribution in [3.05, 3.63) is 54.1 Å². The number of benzene rings is 2. The average Bonchev–Trinajstić information content (AvgIpc) is 2.62.